The van der Waals surface area contributed by atoms with Gasteiger partial charge < -0.3 is 14.0 Å². The van der Waals surface area contributed by atoms with Gasteiger partial charge >= 0.3 is 0 Å². The van der Waals surface area contributed by atoms with E-state index in [0.29, 0.717) is 34.8 Å². The van der Waals surface area contributed by atoms with E-state index in [1.54, 1.807) is 29.2 Å². The molecule has 176 valence electrons. The number of aryl methyl sites for hydroxylation is 1. The summed E-state index contributed by atoms with van der Waals surface area (Å²) in [5.74, 6) is -1.66. The van der Waals surface area contributed by atoms with E-state index in [1.807, 2.05) is 17.8 Å². The van der Waals surface area contributed by atoms with Crippen LogP contribution in [0.3, 0.4) is 0 Å². The molecule has 1 aliphatic carbocycles. The number of rotatable bonds is 6. The van der Waals surface area contributed by atoms with E-state index >= 15 is 8.78 Å². The number of hydrogen-bond donors (Lipinski definition) is 0. The van der Waals surface area contributed by atoms with Gasteiger partial charge in [-0.15, -0.1) is 0 Å². The van der Waals surface area contributed by atoms with Crippen LogP contribution >= 0.6 is 0 Å². The molecule has 0 aliphatic heterocycles. The molecule has 3 aromatic heterocycles. The Morgan fingerprint density at radius 1 is 1.09 bits per heavy atom. The summed E-state index contributed by atoms with van der Waals surface area (Å²) < 4.78 is 43.8. The Morgan fingerprint density at radius 2 is 1.82 bits per heavy atom. The lowest BCUT2D eigenvalue weighted by Crippen LogP contribution is -2.28. The van der Waals surface area contributed by atoms with Gasteiger partial charge in [-0.2, -0.15) is 5.10 Å². The first-order valence-electron chi connectivity index (χ1n) is 11.0. The number of nitrogens with zero attached hydrogens (tertiary/aromatic N) is 6. The molecule has 0 bridgehead atoms. The molecule has 4 aromatic rings. The van der Waals surface area contributed by atoms with Gasteiger partial charge in [-0.05, 0) is 30.9 Å². The summed E-state index contributed by atoms with van der Waals surface area (Å²) in [7, 11) is 4.45. The Hall–Kier alpha value is -3.82. The van der Waals surface area contributed by atoms with Gasteiger partial charge in [-0.25, -0.2) is 18.8 Å². The SMILES string of the molecule is COc1cc(OC)c(F)c(N=c2ccc3ncc(-c4cnn(C)c4)nc3n2CC2CCC2)c1F. The maximum absolute atomic E-state index is 15.0. The molecule has 0 N–H and O–H groups in total. The lowest BCUT2D eigenvalue weighted by molar-refractivity contribution is 0.276. The third kappa shape index (κ3) is 3.89. The highest BCUT2D eigenvalue weighted by molar-refractivity contribution is 5.73. The van der Waals surface area contributed by atoms with Crippen molar-refractivity contribution in [2.45, 2.75) is 25.8 Å². The van der Waals surface area contributed by atoms with Crippen LogP contribution in [0.2, 0.25) is 0 Å². The maximum Gasteiger partial charge on any atom is 0.193 e. The molecule has 1 fully saturated rings. The van der Waals surface area contributed by atoms with Crippen LogP contribution in [-0.2, 0) is 13.6 Å². The van der Waals surface area contributed by atoms with E-state index in [2.05, 4.69) is 15.1 Å². The molecule has 1 aliphatic rings. The van der Waals surface area contributed by atoms with Gasteiger partial charge in [0.1, 0.15) is 16.7 Å². The molecule has 0 radical (unpaired) electrons. The van der Waals surface area contributed by atoms with Gasteiger partial charge in [0.15, 0.2) is 28.8 Å². The predicted molar refractivity (Wildman–Crippen MR) is 122 cm³/mol. The number of fused-ring (bicyclic) bond motifs is 1. The third-order valence-electron chi connectivity index (χ3n) is 6.15. The van der Waals surface area contributed by atoms with E-state index in [9.17, 15) is 0 Å². The Balaban J connectivity index is 1.75. The molecular weight excluding hydrogens is 442 g/mol. The Kier molecular flexibility index (Phi) is 5.72. The Morgan fingerprint density at radius 3 is 2.41 bits per heavy atom. The molecule has 5 rings (SSSR count). The van der Waals surface area contributed by atoms with Gasteiger partial charge in [0.05, 0.1) is 32.3 Å². The number of halogens is 2. The molecule has 10 heteroatoms. The zero-order chi connectivity index (χ0) is 23.8. The normalized spacial score (nSPS) is 14.4. The second-order valence-electron chi connectivity index (χ2n) is 8.34. The van der Waals surface area contributed by atoms with Crippen molar-refractivity contribution in [3.05, 3.63) is 53.9 Å². The summed E-state index contributed by atoms with van der Waals surface area (Å²) in [4.78, 5) is 13.8. The quantitative estimate of drug-likeness (QED) is 0.426. The minimum absolute atomic E-state index is 0.151. The first-order valence-corrected chi connectivity index (χ1v) is 11.0. The molecule has 1 aromatic carbocycles. The Labute approximate surface area is 194 Å². The molecular formula is C24H24F2N6O2. The second-order valence-corrected chi connectivity index (χ2v) is 8.34. The lowest BCUT2D eigenvalue weighted by Gasteiger charge is -2.27. The molecule has 0 spiro atoms. The van der Waals surface area contributed by atoms with Gasteiger partial charge in [-0.1, -0.05) is 6.42 Å². The van der Waals surface area contributed by atoms with Crippen molar-refractivity contribution in [2.75, 3.05) is 14.2 Å². The van der Waals surface area contributed by atoms with Gasteiger partial charge in [0.25, 0.3) is 0 Å². The van der Waals surface area contributed by atoms with Crippen LogP contribution < -0.4 is 15.0 Å². The van der Waals surface area contributed by atoms with Crippen molar-refractivity contribution >= 4 is 16.9 Å². The van der Waals surface area contributed by atoms with Crippen molar-refractivity contribution < 1.29 is 18.3 Å². The fourth-order valence-corrected chi connectivity index (χ4v) is 4.05. The number of pyridine rings is 1. The number of benzene rings is 1. The molecule has 0 saturated heterocycles. The standard InChI is InChI=1S/C24H24F2N6O2/c1-31-13-15(10-28-31)17-11-27-16-7-8-20(32(24(16)29-17)12-14-5-4-6-14)30-23-21(25)18(33-2)9-19(34-3)22(23)26/h7-11,13-14H,4-6,12H2,1-3H3. The molecule has 0 amide bonds. The van der Waals surface area contributed by atoms with E-state index in [0.717, 1.165) is 30.9 Å². The predicted octanol–water partition coefficient (Wildman–Crippen LogP) is 4.16. The Bertz CT molecular complexity index is 1410. The van der Waals surface area contributed by atoms with Crippen LogP contribution in [-0.4, -0.2) is 38.5 Å². The molecule has 8 nitrogen and oxygen atoms in total. The first kappa shape index (κ1) is 22.0. The maximum atomic E-state index is 15.0. The van der Waals surface area contributed by atoms with Gasteiger partial charge in [0, 0.05) is 31.4 Å². The molecule has 3 heterocycles. The van der Waals surface area contributed by atoms with Gasteiger partial charge in [0.2, 0.25) is 0 Å². The van der Waals surface area contributed by atoms with Crippen molar-refractivity contribution in [3.8, 4) is 22.8 Å². The monoisotopic (exact) mass is 466 g/mol. The summed E-state index contributed by atoms with van der Waals surface area (Å²) in [5.41, 5.74) is 2.62. The van der Waals surface area contributed by atoms with Crippen LogP contribution in [0.1, 0.15) is 19.3 Å². The van der Waals surface area contributed by atoms with E-state index < -0.39 is 17.3 Å². The number of ether oxygens (including phenoxy) is 2. The highest BCUT2D eigenvalue weighted by atomic mass is 19.1. The largest absolute Gasteiger partial charge is 0.493 e. The third-order valence-corrected chi connectivity index (χ3v) is 6.15. The number of methoxy groups -OCH3 is 2. The number of aromatic nitrogens is 5. The first-order chi connectivity index (χ1) is 16.5. The zero-order valence-electron chi connectivity index (χ0n) is 19.1. The van der Waals surface area contributed by atoms with Crippen molar-refractivity contribution in [1.29, 1.82) is 0 Å². The molecule has 0 unspecified atom stereocenters. The lowest BCUT2D eigenvalue weighted by atomic mass is 9.85. The van der Waals surface area contributed by atoms with Gasteiger partial charge in [-0.3, -0.25) is 9.67 Å². The van der Waals surface area contributed by atoms with Crippen LogP contribution in [0.25, 0.3) is 22.4 Å². The fourth-order valence-electron chi connectivity index (χ4n) is 4.05. The van der Waals surface area contributed by atoms with Crippen LogP contribution in [0, 0.1) is 17.6 Å². The summed E-state index contributed by atoms with van der Waals surface area (Å²) in [5, 5.41) is 4.21. The average Bonchev–Trinajstić information content (AvgIpc) is 3.25. The number of hydrogen-bond acceptors (Lipinski definition) is 6. The second kappa shape index (κ2) is 8.85. The van der Waals surface area contributed by atoms with Crippen LogP contribution in [0.15, 0.2) is 41.8 Å². The van der Waals surface area contributed by atoms with E-state index in [-0.39, 0.29) is 11.5 Å². The topological polar surface area (TPSA) is 79.3 Å². The smallest absolute Gasteiger partial charge is 0.193 e. The van der Waals surface area contributed by atoms with Crippen molar-refractivity contribution in [1.82, 2.24) is 24.3 Å². The minimum atomic E-state index is -0.897. The summed E-state index contributed by atoms with van der Waals surface area (Å²) >= 11 is 0. The minimum Gasteiger partial charge on any atom is -0.493 e. The summed E-state index contributed by atoms with van der Waals surface area (Å²) in [6.45, 7) is 0.617. The highest BCUT2D eigenvalue weighted by Crippen LogP contribution is 2.36. The van der Waals surface area contributed by atoms with Crippen LogP contribution in [0.4, 0.5) is 14.5 Å². The van der Waals surface area contributed by atoms with Crippen molar-refractivity contribution in [3.63, 3.8) is 0 Å². The highest BCUT2D eigenvalue weighted by Gasteiger charge is 2.22. The average molecular weight is 466 g/mol. The zero-order valence-corrected chi connectivity index (χ0v) is 19.1. The molecule has 0 atom stereocenters. The van der Waals surface area contributed by atoms with Crippen molar-refractivity contribution in [2.24, 2.45) is 18.0 Å². The molecule has 34 heavy (non-hydrogen) atoms. The molecule has 1 saturated carbocycles. The van der Waals surface area contributed by atoms with Crippen LogP contribution in [0.5, 0.6) is 11.5 Å². The summed E-state index contributed by atoms with van der Waals surface area (Å²) in [6, 6.07) is 4.61. The fraction of sp³-hybridized carbons (Fsp3) is 0.333. The summed E-state index contributed by atoms with van der Waals surface area (Å²) in [6.07, 6.45) is 8.57. The van der Waals surface area contributed by atoms with E-state index in [4.69, 9.17) is 14.5 Å². The van der Waals surface area contributed by atoms with E-state index in [1.165, 1.54) is 14.2 Å².